The van der Waals surface area contributed by atoms with E-state index in [0.717, 1.165) is 12.1 Å². The lowest BCUT2D eigenvalue weighted by molar-refractivity contribution is 0.305. The number of hydrogen-bond donors (Lipinski definition) is 1. The molecule has 2 heterocycles. The molecule has 1 aromatic rings. The molecule has 112 valence electrons. The van der Waals surface area contributed by atoms with E-state index in [1.165, 1.54) is 0 Å². The number of sulfone groups is 1. The molecule has 0 aromatic carbocycles. The number of ether oxygens (including phenoxy) is 1. The molecule has 1 unspecified atom stereocenters. The molecular formula is C13H21N3O3S. The third kappa shape index (κ3) is 4.33. The molecular weight excluding hydrogens is 278 g/mol. The lowest BCUT2D eigenvalue weighted by atomic mass is 10.1. The second-order valence-electron chi connectivity index (χ2n) is 5.17. The lowest BCUT2D eigenvalue weighted by Gasteiger charge is -2.11. The van der Waals surface area contributed by atoms with Crippen LogP contribution < -0.4 is 10.1 Å². The van der Waals surface area contributed by atoms with Crippen LogP contribution in [0.15, 0.2) is 6.07 Å². The van der Waals surface area contributed by atoms with Gasteiger partial charge in [0.1, 0.15) is 0 Å². The zero-order chi connectivity index (χ0) is 14.6. The number of rotatable bonds is 6. The van der Waals surface area contributed by atoms with Gasteiger partial charge >= 0.3 is 0 Å². The van der Waals surface area contributed by atoms with Gasteiger partial charge in [-0.15, -0.1) is 0 Å². The van der Waals surface area contributed by atoms with E-state index in [0.29, 0.717) is 37.2 Å². The zero-order valence-corrected chi connectivity index (χ0v) is 12.7. The lowest BCUT2D eigenvalue weighted by Crippen LogP contribution is -2.17. The van der Waals surface area contributed by atoms with Gasteiger partial charge in [-0.2, -0.15) is 4.98 Å². The Labute approximate surface area is 119 Å². The van der Waals surface area contributed by atoms with E-state index in [1.807, 2.05) is 13.8 Å². The first-order valence-corrected chi connectivity index (χ1v) is 8.73. The SMILES string of the molecule is CCCOc1cc(C)nc(NCC2CCS(=O)(=O)C2)n1. The Morgan fingerprint density at radius 3 is 2.90 bits per heavy atom. The van der Waals surface area contributed by atoms with Crippen molar-refractivity contribution < 1.29 is 13.2 Å². The van der Waals surface area contributed by atoms with Crippen molar-refractivity contribution in [3.8, 4) is 5.88 Å². The summed E-state index contributed by atoms with van der Waals surface area (Å²) in [6.07, 6.45) is 1.63. The van der Waals surface area contributed by atoms with Gasteiger partial charge in [-0.25, -0.2) is 13.4 Å². The smallest absolute Gasteiger partial charge is 0.226 e. The van der Waals surface area contributed by atoms with Gasteiger partial charge in [0, 0.05) is 18.3 Å². The summed E-state index contributed by atoms with van der Waals surface area (Å²) in [5.74, 6) is 1.74. The van der Waals surface area contributed by atoms with E-state index in [9.17, 15) is 8.42 Å². The van der Waals surface area contributed by atoms with E-state index >= 15 is 0 Å². The van der Waals surface area contributed by atoms with Crippen molar-refractivity contribution in [1.82, 2.24) is 9.97 Å². The highest BCUT2D eigenvalue weighted by Gasteiger charge is 2.27. The molecule has 6 nitrogen and oxygen atoms in total. The van der Waals surface area contributed by atoms with Gasteiger partial charge < -0.3 is 10.1 Å². The Morgan fingerprint density at radius 2 is 2.25 bits per heavy atom. The van der Waals surface area contributed by atoms with Gasteiger partial charge in [-0.05, 0) is 25.7 Å². The molecule has 0 aliphatic carbocycles. The van der Waals surface area contributed by atoms with E-state index < -0.39 is 9.84 Å². The highest BCUT2D eigenvalue weighted by molar-refractivity contribution is 7.91. The maximum atomic E-state index is 11.4. The van der Waals surface area contributed by atoms with Crippen LogP contribution in [0.25, 0.3) is 0 Å². The fourth-order valence-electron chi connectivity index (χ4n) is 2.17. The van der Waals surface area contributed by atoms with Crippen molar-refractivity contribution in [3.63, 3.8) is 0 Å². The minimum Gasteiger partial charge on any atom is -0.478 e. The molecule has 0 saturated carbocycles. The van der Waals surface area contributed by atoms with Crippen molar-refractivity contribution in [1.29, 1.82) is 0 Å². The number of nitrogens with zero attached hydrogens (tertiary/aromatic N) is 2. The standard InChI is InChI=1S/C13H21N3O3S/c1-3-5-19-12-7-10(2)15-13(16-12)14-8-11-4-6-20(17,18)9-11/h7,11H,3-6,8-9H2,1-2H3,(H,14,15,16). The van der Waals surface area contributed by atoms with Crippen LogP contribution in [0.2, 0.25) is 0 Å². The highest BCUT2D eigenvalue weighted by Crippen LogP contribution is 2.19. The van der Waals surface area contributed by atoms with E-state index in [2.05, 4.69) is 15.3 Å². The average Bonchev–Trinajstić information content (AvgIpc) is 2.73. The van der Waals surface area contributed by atoms with E-state index in [1.54, 1.807) is 6.07 Å². The highest BCUT2D eigenvalue weighted by atomic mass is 32.2. The largest absolute Gasteiger partial charge is 0.478 e. The van der Waals surface area contributed by atoms with E-state index in [-0.39, 0.29) is 11.7 Å². The molecule has 20 heavy (non-hydrogen) atoms. The van der Waals surface area contributed by atoms with Crippen LogP contribution in [-0.4, -0.2) is 43.0 Å². The van der Waals surface area contributed by atoms with Crippen LogP contribution in [-0.2, 0) is 9.84 Å². The van der Waals surface area contributed by atoms with Crippen molar-refractivity contribution in [2.24, 2.45) is 5.92 Å². The van der Waals surface area contributed by atoms with Crippen molar-refractivity contribution in [2.45, 2.75) is 26.7 Å². The summed E-state index contributed by atoms with van der Waals surface area (Å²) in [5, 5.41) is 3.12. The first kappa shape index (κ1) is 15.0. The minimum absolute atomic E-state index is 0.143. The summed E-state index contributed by atoms with van der Waals surface area (Å²) >= 11 is 0. The molecule has 1 aromatic heterocycles. The van der Waals surface area contributed by atoms with Crippen LogP contribution in [0.1, 0.15) is 25.5 Å². The quantitative estimate of drug-likeness (QED) is 0.855. The fraction of sp³-hybridized carbons (Fsp3) is 0.692. The summed E-state index contributed by atoms with van der Waals surface area (Å²) in [5.41, 5.74) is 0.827. The monoisotopic (exact) mass is 299 g/mol. The Balaban J connectivity index is 1.94. The Hall–Kier alpha value is -1.37. The van der Waals surface area contributed by atoms with Gasteiger partial charge in [0.2, 0.25) is 11.8 Å². The summed E-state index contributed by atoms with van der Waals surface area (Å²) in [6, 6.07) is 1.79. The number of aryl methyl sites for hydroxylation is 1. The summed E-state index contributed by atoms with van der Waals surface area (Å²) in [6.45, 7) is 5.12. The Kier molecular flexibility index (Phi) is 4.80. The van der Waals surface area contributed by atoms with Crippen molar-refractivity contribution >= 4 is 15.8 Å². The molecule has 1 saturated heterocycles. The van der Waals surface area contributed by atoms with Crippen LogP contribution in [0.3, 0.4) is 0 Å². The minimum atomic E-state index is -2.83. The van der Waals surface area contributed by atoms with Gasteiger partial charge in [-0.3, -0.25) is 0 Å². The number of nitrogens with one attached hydrogen (secondary N) is 1. The first-order valence-electron chi connectivity index (χ1n) is 6.91. The van der Waals surface area contributed by atoms with Crippen LogP contribution in [0.5, 0.6) is 5.88 Å². The number of aromatic nitrogens is 2. The summed E-state index contributed by atoms with van der Waals surface area (Å²) in [4.78, 5) is 8.56. The van der Waals surface area contributed by atoms with Gasteiger partial charge in [0.05, 0.1) is 18.1 Å². The predicted octanol–water partition coefficient (Wildman–Crippen LogP) is 1.42. The molecule has 0 radical (unpaired) electrons. The van der Waals surface area contributed by atoms with Crippen molar-refractivity contribution in [2.75, 3.05) is 30.0 Å². The molecule has 1 aliphatic heterocycles. The van der Waals surface area contributed by atoms with E-state index in [4.69, 9.17) is 4.74 Å². The molecule has 1 atom stereocenters. The molecule has 0 amide bonds. The van der Waals surface area contributed by atoms with Crippen LogP contribution in [0.4, 0.5) is 5.95 Å². The number of hydrogen-bond acceptors (Lipinski definition) is 6. The molecule has 2 rings (SSSR count). The average molecular weight is 299 g/mol. The summed E-state index contributed by atoms with van der Waals surface area (Å²) in [7, 11) is -2.83. The molecule has 1 N–H and O–H groups in total. The topological polar surface area (TPSA) is 81.2 Å². The molecule has 0 bridgehead atoms. The molecule has 1 fully saturated rings. The van der Waals surface area contributed by atoms with Crippen LogP contribution in [0, 0.1) is 12.8 Å². The second kappa shape index (κ2) is 6.39. The maximum Gasteiger partial charge on any atom is 0.226 e. The van der Waals surface area contributed by atoms with Gasteiger partial charge in [-0.1, -0.05) is 6.92 Å². The van der Waals surface area contributed by atoms with Crippen LogP contribution >= 0.6 is 0 Å². The normalized spacial score (nSPS) is 20.8. The third-order valence-corrected chi connectivity index (χ3v) is 5.00. The third-order valence-electron chi connectivity index (χ3n) is 3.16. The molecule has 7 heteroatoms. The molecule has 0 spiro atoms. The number of anilines is 1. The maximum absolute atomic E-state index is 11.4. The second-order valence-corrected chi connectivity index (χ2v) is 7.40. The Morgan fingerprint density at radius 1 is 1.45 bits per heavy atom. The Bertz CT molecular complexity index is 560. The molecule has 1 aliphatic rings. The van der Waals surface area contributed by atoms with Gasteiger partial charge in [0.25, 0.3) is 0 Å². The summed E-state index contributed by atoms with van der Waals surface area (Å²) < 4.78 is 28.3. The zero-order valence-electron chi connectivity index (χ0n) is 11.9. The first-order chi connectivity index (χ1) is 9.48. The van der Waals surface area contributed by atoms with Crippen molar-refractivity contribution in [3.05, 3.63) is 11.8 Å². The fourth-order valence-corrected chi connectivity index (χ4v) is 4.03. The predicted molar refractivity (Wildman–Crippen MR) is 77.8 cm³/mol. The van der Waals surface area contributed by atoms with Gasteiger partial charge in [0.15, 0.2) is 9.84 Å².